The quantitative estimate of drug-likeness (QED) is 0.264. The van der Waals surface area contributed by atoms with Gasteiger partial charge in [-0.15, -0.1) is 0 Å². The number of hydrogen-bond donors (Lipinski definition) is 4. The topological polar surface area (TPSA) is 142 Å². The normalized spacial score (nSPS) is 18.0. The molecule has 256 valence electrons. The number of aliphatic hydroxyl groups is 1. The molecule has 0 radical (unpaired) electrons. The van der Waals surface area contributed by atoms with E-state index in [1.807, 2.05) is 6.92 Å². The second-order valence-electron chi connectivity index (χ2n) is 11.7. The second-order valence-corrected chi connectivity index (χ2v) is 11.7. The molecule has 12 nitrogen and oxygen atoms in total. The molecule has 5 amide bonds. The van der Waals surface area contributed by atoms with Crippen molar-refractivity contribution in [3.05, 3.63) is 71.8 Å². The summed E-state index contributed by atoms with van der Waals surface area (Å²) in [5.74, 6) is 0.877. The highest BCUT2D eigenvalue weighted by molar-refractivity contribution is 6.00. The molecule has 3 aromatic rings. The highest BCUT2D eigenvalue weighted by Crippen LogP contribution is 2.35. The van der Waals surface area contributed by atoms with Crippen LogP contribution in [0.25, 0.3) is 0 Å². The number of rotatable bonds is 7. The molecule has 0 spiro atoms. The van der Waals surface area contributed by atoms with Gasteiger partial charge >= 0.3 is 18.2 Å². The van der Waals surface area contributed by atoms with Gasteiger partial charge in [0.15, 0.2) is 11.5 Å². The monoisotopic (exact) mass is 671 g/mol. The van der Waals surface area contributed by atoms with Crippen LogP contribution in [0.1, 0.15) is 25.0 Å². The van der Waals surface area contributed by atoms with E-state index >= 15 is 0 Å². The summed E-state index contributed by atoms with van der Waals surface area (Å²) in [5, 5.41) is 18.0. The predicted molar refractivity (Wildman–Crippen MR) is 170 cm³/mol. The SMILES string of the molecule is C[C@H]1CN([C@@H](C)CO)C(=O)Cc2cc(NC(=O)Nc3ccc4c(c3)OCO4)ccc2O[C@@H]1CN(C)C(=O)Nc1ccc(C(F)(F)F)cc1. The van der Waals surface area contributed by atoms with E-state index in [-0.39, 0.29) is 50.4 Å². The Morgan fingerprint density at radius 2 is 1.58 bits per heavy atom. The number of carbonyl (C=O) groups excluding carboxylic acids is 3. The molecule has 0 unspecified atom stereocenters. The molecule has 0 saturated carbocycles. The van der Waals surface area contributed by atoms with Gasteiger partial charge in [-0.05, 0) is 61.5 Å². The highest BCUT2D eigenvalue weighted by atomic mass is 19.4. The fourth-order valence-corrected chi connectivity index (χ4v) is 5.31. The third-order valence-corrected chi connectivity index (χ3v) is 8.07. The average molecular weight is 672 g/mol. The minimum Gasteiger partial charge on any atom is -0.488 e. The number of halogens is 3. The Labute approximate surface area is 274 Å². The van der Waals surface area contributed by atoms with Gasteiger partial charge in [-0.2, -0.15) is 13.2 Å². The Bertz CT molecular complexity index is 1650. The Hall–Kier alpha value is -5.18. The van der Waals surface area contributed by atoms with Gasteiger partial charge in [0, 0.05) is 48.2 Å². The summed E-state index contributed by atoms with van der Waals surface area (Å²) >= 11 is 0. The maximum Gasteiger partial charge on any atom is 0.416 e. The van der Waals surface area contributed by atoms with Crippen LogP contribution >= 0.6 is 0 Å². The molecule has 15 heteroatoms. The Balaban J connectivity index is 1.32. The number of ether oxygens (including phenoxy) is 3. The van der Waals surface area contributed by atoms with E-state index in [0.717, 1.165) is 12.1 Å². The summed E-state index contributed by atoms with van der Waals surface area (Å²) in [6.45, 7) is 3.69. The van der Waals surface area contributed by atoms with Gasteiger partial charge in [-0.1, -0.05) is 6.92 Å². The first-order valence-corrected chi connectivity index (χ1v) is 15.2. The van der Waals surface area contributed by atoms with Gasteiger partial charge in [-0.3, -0.25) is 4.79 Å². The number of benzene rings is 3. The van der Waals surface area contributed by atoms with Crippen molar-refractivity contribution in [2.75, 3.05) is 49.5 Å². The minimum atomic E-state index is -4.50. The average Bonchev–Trinajstić information content (AvgIpc) is 3.52. The molecule has 0 aliphatic carbocycles. The van der Waals surface area contributed by atoms with E-state index in [9.17, 15) is 32.7 Å². The molecule has 5 rings (SSSR count). The smallest absolute Gasteiger partial charge is 0.416 e. The molecule has 2 heterocycles. The summed E-state index contributed by atoms with van der Waals surface area (Å²) in [6, 6.07) is 12.4. The summed E-state index contributed by atoms with van der Waals surface area (Å²) in [7, 11) is 1.52. The van der Waals surface area contributed by atoms with Gasteiger partial charge in [-0.25, -0.2) is 9.59 Å². The predicted octanol–water partition coefficient (Wildman–Crippen LogP) is 5.39. The zero-order valence-electron chi connectivity index (χ0n) is 26.5. The molecule has 0 saturated heterocycles. The van der Waals surface area contributed by atoms with Crippen molar-refractivity contribution in [3.63, 3.8) is 0 Å². The van der Waals surface area contributed by atoms with Crippen molar-refractivity contribution >= 4 is 35.0 Å². The fraction of sp³-hybridized carbons (Fsp3) is 0.364. The van der Waals surface area contributed by atoms with E-state index in [0.29, 0.717) is 34.2 Å². The number of anilines is 3. The van der Waals surface area contributed by atoms with E-state index in [1.54, 1.807) is 48.2 Å². The van der Waals surface area contributed by atoms with Crippen LogP contribution in [0.5, 0.6) is 17.2 Å². The lowest BCUT2D eigenvalue weighted by atomic mass is 10.0. The number of urea groups is 2. The third kappa shape index (κ3) is 8.20. The Morgan fingerprint density at radius 3 is 2.25 bits per heavy atom. The van der Waals surface area contributed by atoms with Crippen LogP contribution < -0.4 is 30.2 Å². The molecule has 3 aromatic carbocycles. The molecular weight excluding hydrogens is 635 g/mol. The van der Waals surface area contributed by atoms with Crippen molar-refractivity contribution in [1.82, 2.24) is 9.80 Å². The molecule has 0 bridgehead atoms. The lowest BCUT2D eigenvalue weighted by Crippen LogP contribution is -2.48. The van der Waals surface area contributed by atoms with Crippen molar-refractivity contribution in [2.45, 2.75) is 38.6 Å². The summed E-state index contributed by atoms with van der Waals surface area (Å²) in [6.07, 6.45) is -5.22. The largest absolute Gasteiger partial charge is 0.488 e. The Kier molecular flexibility index (Phi) is 10.2. The third-order valence-electron chi connectivity index (χ3n) is 8.07. The zero-order valence-corrected chi connectivity index (χ0v) is 26.5. The van der Waals surface area contributed by atoms with Crippen molar-refractivity contribution in [1.29, 1.82) is 0 Å². The number of hydrogen-bond acceptors (Lipinski definition) is 7. The van der Waals surface area contributed by atoms with Crippen molar-refractivity contribution < 1.29 is 46.9 Å². The molecular formula is C33H36F3N5O7. The van der Waals surface area contributed by atoms with Gasteiger partial charge in [0.1, 0.15) is 11.9 Å². The van der Waals surface area contributed by atoms with Gasteiger partial charge < -0.3 is 45.1 Å². The van der Waals surface area contributed by atoms with Crippen LogP contribution in [-0.2, 0) is 17.4 Å². The van der Waals surface area contributed by atoms with Gasteiger partial charge in [0.2, 0.25) is 12.7 Å². The first kappa shape index (κ1) is 34.2. The minimum absolute atomic E-state index is 0.0561. The second kappa shape index (κ2) is 14.3. The van der Waals surface area contributed by atoms with Crippen LogP contribution in [0.15, 0.2) is 60.7 Å². The first-order chi connectivity index (χ1) is 22.8. The molecule has 0 aromatic heterocycles. The maximum absolute atomic E-state index is 13.5. The standard InChI is InChI=1S/C33H36F3N5O7/c1-19-15-41(20(2)17-42)30(43)13-21-12-24(37-31(44)38-25-9-11-27-28(14-25)47-18-46-27)8-10-26(21)48-29(19)16-40(3)32(45)39-23-6-4-22(5-7-23)33(34,35)36/h4-12,14,19-20,29,42H,13,15-18H2,1-3H3,(H,39,45)(H2,37,38,44)/t19-,20-,29+/m0/s1. The van der Waals surface area contributed by atoms with Crippen molar-refractivity contribution in [3.8, 4) is 17.2 Å². The summed E-state index contributed by atoms with van der Waals surface area (Å²) < 4.78 is 55.9. The lowest BCUT2D eigenvalue weighted by molar-refractivity contribution is -0.137. The Morgan fingerprint density at radius 1 is 0.958 bits per heavy atom. The number of fused-ring (bicyclic) bond motifs is 2. The first-order valence-electron chi connectivity index (χ1n) is 15.2. The van der Waals surface area contributed by atoms with E-state index in [1.165, 1.54) is 24.1 Å². The van der Waals surface area contributed by atoms with Crippen molar-refractivity contribution in [2.24, 2.45) is 5.92 Å². The number of carbonyl (C=O) groups is 3. The van der Waals surface area contributed by atoms with E-state index in [2.05, 4.69) is 16.0 Å². The van der Waals surface area contributed by atoms with Crippen LogP contribution in [0.4, 0.5) is 39.8 Å². The molecule has 48 heavy (non-hydrogen) atoms. The number of nitrogens with zero attached hydrogens (tertiary/aromatic N) is 2. The molecule has 3 atom stereocenters. The molecule has 4 N–H and O–H groups in total. The van der Waals surface area contributed by atoms with Gasteiger partial charge in [0.05, 0.1) is 31.2 Å². The fourth-order valence-electron chi connectivity index (χ4n) is 5.31. The molecule has 0 fully saturated rings. The van der Waals surface area contributed by atoms with Crippen LogP contribution in [0.3, 0.4) is 0 Å². The number of alkyl halides is 3. The van der Waals surface area contributed by atoms with Crippen LogP contribution in [-0.4, -0.2) is 78.6 Å². The van der Waals surface area contributed by atoms with Crippen LogP contribution in [0, 0.1) is 5.92 Å². The highest BCUT2D eigenvalue weighted by Gasteiger charge is 2.33. The van der Waals surface area contributed by atoms with E-state index < -0.39 is 35.9 Å². The van der Waals surface area contributed by atoms with Crippen LogP contribution in [0.2, 0.25) is 0 Å². The molecule has 2 aliphatic heterocycles. The zero-order chi connectivity index (χ0) is 34.6. The van der Waals surface area contributed by atoms with Gasteiger partial charge in [0.25, 0.3) is 0 Å². The van der Waals surface area contributed by atoms with E-state index in [4.69, 9.17) is 14.2 Å². The number of nitrogens with one attached hydrogen (secondary N) is 3. The summed E-state index contributed by atoms with van der Waals surface area (Å²) in [5.41, 5.74) is 0.703. The molecule has 2 aliphatic rings. The maximum atomic E-state index is 13.5. The lowest BCUT2D eigenvalue weighted by Gasteiger charge is -2.34. The number of aliphatic hydroxyl groups excluding tert-OH is 1. The number of amides is 5. The summed E-state index contributed by atoms with van der Waals surface area (Å²) in [4.78, 5) is 42.3. The number of likely N-dealkylation sites (N-methyl/N-ethyl adjacent to an activating group) is 1.